The standard InChI is InChI=1S/C8H10AsNO5.C5H7NO/c1-5(11)10-8-6(9(13,14)15)3-2-4-7(8)12;1-3-4-6-5(2)7/h2-4,12H,1H3,(H,10,11)(H2,13,14,15);1H,4H2,2H3,(H,6,7). The third-order valence-corrected chi connectivity index (χ3v) is 4.17. The summed E-state index contributed by atoms with van der Waals surface area (Å²) in [5.74, 6) is 1.30. The number of nitrogens with one attached hydrogen (secondary N) is 2. The second-order valence-corrected chi connectivity index (χ2v) is 7.30. The molecule has 1 aromatic rings. The number of hydrogen-bond acceptors (Lipinski definition) is 4. The van der Waals surface area contributed by atoms with Crippen molar-refractivity contribution >= 4 is 36.0 Å². The Balaban J connectivity index is 0.000000534. The predicted octanol–water partition coefficient (Wildman–Crippen LogP) is -1.33. The minimum atomic E-state index is -5.14. The van der Waals surface area contributed by atoms with E-state index in [0.29, 0.717) is 6.54 Å². The Bertz CT molecular complexity index is 632. The molecule has 0 fully saturated rings. The Morgan fingerprint density at radius 1 is 1.27 bits per heavy atom. The molecule has 5 N–H and O–H groups in total. The number of aromatic hydroxyl groups is 1. The molecule has 0 atom stereocenters. The van der Waals surface area contributed by atoms with E-state index in [4.69, 9.17) is 14.6 Å². The molecule has 0 radical (unpaired) electrons. The second kappa shape index (κ2) is 8.95. The van der Waals surface area contributed by atoms with Gasteiger partial charge in [0.2, 0.25) is 5.91 Å². The molecule has 0 saturated heterocycles. The van der Waals surface area contributed by atoms with Crippen LogP contribution in [0.4, 0.5) is 5.69 Å². The number of phenolic OH excluding ortho intramolecular Hbond substituents is 1. The van der Waals surface area contributed by atoms with Gasteiger partial charge in [-0.3, -0.25) is 4.79 Å². The zero-order valence-corrected chi connectivity index (χ0v) is 13.9. The number of amides is 2. The molecule has 0 heterocycles. The molecular weight excluding hydrogens is 355 g/mol. The number of carbonyl (C=O) groups is 2. The van der Waals surface area contributed by atoms with Crippen LogP contribution in [-0.4, -0.2) is 45.8 Å². The van der Waals surface area contributed by atoms with E-state index < -0.39 is 20.1 Å². The van der Waals surface area contributed by atoms with Crippen LogP contribution in [0.1, 0.15) is 13.8 Å². The van der Waals surface area contributed by atoms with Crippen LogP contribution in [0.3, 0.4) is 0 Å². The van der Waals surface area contributed by atoms with Gasteiger partial charge in [0.15, 0.2) is 0 Å². The molecule has 2 amide bonds. The van der Waals surface area contributed by atoms with Crippen molar-refractivity contribution in [1.29, 1.82) is 0 Å². The van der Waals surface area contributed by atoms with Crippen LogP contribution < -0.4 is 15.0 Å². The number of hydrogen-bond donors (Lipinski definition) is 5. The first-order valence-electron chi connectivity index (χ1n) is 5.93. The van der Waals surface area contributed by atoms with Crippen LogP contribution in [-0.2, 0) is 13.3 Å². The van der Waals surface area contributed by atoms with Crippen molar-refractivity contribution in [3.8, 4) is 18.1 Å². The van der Waals surface area contributed by atoms with Crippen molar-refractivity contribution in [2.45, 2.75) is 13.8 Å². The SMILES string of the molecule is C#CCNC(C)=O.CC(=O)Nc1c(O)cccc1[As](=O)(O)O. The van der Waals surface area contributed by atoms with E-state index in [9.17, 15) is 18.4 Å². The number of rotatable bonds is 3. The molecule has 0 unspecified atom stereocenters. The summed E-state index contributed by atoms with van der Waals surface area (Å²) in [6.45, 7) is 2.94. The summed E-state index contributed by atoms with van der Waals surface area (Å²) < 4.78 is 28.8. The maximum absolute atomic E-state index is 11.1. The fourth-order valence-electron chi connectivity index (χ4n) is 1.25. The van der Waals surface area contributed by atoms with Gasteiger partial charge in [-0.25, -0.2) is 0 Å². The molecule has 0 spiro atoms. The second-order valence-electron chi connectivity index (χ2n) is 4.01. The van der Waals surface area contributed by atoms with Gasteiger partial charge in [-0.2, -0.15) is 0 Å². The molecule has 0 bridgehead atoms. The van der Waals surface area contributed by atoms with Crippen LogP contribution in [0.15, 0.2) is 18.2 Å². The normalized spacial score (nSPS) is 9.77. The van der Waals surface area contributed by atoms with Crippen LogP contribution in [0, 0.1) is 12.3 Å². The number of anilines is 1. The molecule has 0 aliphatic carbocycles. The molecule has 120 valence electrons. The molecular formula is C13H17AsN2O6. The molecule has 22 heavy (non-hydrogen) atoms. The van der Waals surface area contributed by atoms with E-state index in [1.54, 1.807) is 0 Å². The number of benzene rings is 1. The van der Waals surface area contributed by atoms with Gasteiger partial charge >= 0.3 is 88.1 Å². The van der Waals surface area contributed by atoms with E-state index in [2.05, 4.69) is 16.6 Å². The molecule has 9 heteroatoms. The van der Waals surface area contributed by atoms with Crippen molar-refractivity contribution in [3.05, 3.63) is 18.2 Å². The molecule has 0 aliphatic rings. The average Bonchev–Trinajstić information content (AvgIpc) is 2.37. The first-order valence-corrected chi connectivity index (χ1v) is 9.31. The fourth-order valence-corrected chi connectivity index (χ4v) is 2.81. The zero-order chi connectivity index (χ0) is 17.3. The number of terminal acetylenes is 1. The van der Waals surface area contributed by atoms with E-state index in [-0.39, 0.29) is 21.7 Å². The number of phenols is 1. The molecule has 0 aliphatic heterocycles. The summed E-state index contributed by atoms with van der Waals surface area (Å²) in [6, 6.07) is 3.71. The van der Waals surface area contributed by atoms with Gasteiger partial charge in [-0.05, 0) is 0 Å². The molecule has 1 aromatic carbocycles. The molecule has 0 saturated carbocycles. The molecule has 0 aromatic heterocycles. The van der Waals surface area contributed by atoms with Gasteiger partial charge in [0, 0.05) is 6.92 Å². The predicted molar refractivity (Wildman–Crippen MR) is 80.4 cm³/mol. The first-order chi connectivity index (χ1) is 10.1. The van der Waals surface area contributed by atoms with Crippen LogP contribution in [0.5, 0.6) is 5.75 Å². The Kier molecular flexibility index (Phi) is 8.05. The quantitative estimate of drug-likeness (QED) is 0.253. The average molecular weight is 372 g/mol. The Morgan fingerprint density at radius 2 is 1.86 bits per heavy atom. The summed E-state index contributed by atoms with van der Waals surface area (Å²) in [5.41, 5.74) is -0.225. The summed E-state index contributed by atoms with van der Waals surface area (Å²) in [5, 5.41) is 14.0. The van der Waals surface area contributed by atoms with Crippen molar-refractivity contribution in [2.75, 3.05) is 11.9 Å². The molecule has 1 rings (SSSR count). The van der Waals surface area contributed by atoms with Crippen LogP contribution >= 0.6 is 0 Å². The van der Waals surface area contributed by atoms with Gasteiger partial charge in [0.05, 0.1) is 6.54 Å². The maximum atomic E-state index is 11.1. The van der Waals surface area contributed by atoms with Crippen molar-refractivity contribution in [2.24, 2.45) is 0 Å². The van der Waals surface area contributed by atoms with Crippen LogP contribution in [0.25, 0.3) is 0 Å². The van der Waals surface area contributed by atoms with Crippen molar-refractivity contribution in [3.63, 3.8) is 0 Å². The Hall–Kier alpha value is -2.20. The van der Waals surface area contributed by atoms with Crippen molar-refractivity contribution < 1.29 is 26.6 Å². The molecule has 8 nitrogen and oxygen atoms in total. The van der Waals surface area contributed by atoms with Crippen molar-refractivity contribution in [1.82, 2.24) is 5.32 Å². The summed E-state index contributed by atoms with van der Waals surface area (Å²) in [6.07, 6.45) is 4.81. The van der Waals surface area contributed by atoms with E-state index in [0.717, 1.165) is 0 Å². The van der Waals surface area contributed by atoms with Gasteiger partial charge < -0.3 is 5.32 Å². The minimum absolute atomic E-state index is 0.0852. The van der Waals surface area contributed by atoms with Gasteiger partial charge in [-0.1, -0.05) is 5.92 Å². The number of para-hydroxylation sites is 1. The number of carbonyl (C=O) groups excluding carboxylic acids is 2. The summed E-state index contributed by atoms with van der Waals surface area (Å²) >= 11 is -5.14. The third-order valence-electron chi connectivity index (χ3n) is 2.07. The van der Waals surface area contributed by atoms with Gasteiger partial charge in [0.25, 0.3) is 0 Å². The topological polar surface area (TPSA) is 136 Å². The first kappa shape index (κ1) is 19.8. The zero-order valence-electron chi connectivity index (χ0n) is 12.0. The third kappa shape index (κ3) is 7.55. The summed E-state index contributed by atoms with van der Waals surface area (Å²) in [7, 11) is 0. The Morgan fingerprint density at radius 3 is 2.23 bits per heavy atom. The monoisotopic (exact) mass is 372 g/mol. The summed E-state index contributed by atoms with van der Waals surface area (Å²) in [4.78, 5) is 20.8. The Labute approximate surface area is 130 Å². The van der Waals surface area contributed by atoms with E-state index in [1.807, 2.05) is 0 Å². The van der Waals surface area contributed by atoms with Gasteiger partial charge in [0.1, 0.15) is 0 Å². The van der Waals surface area contributed by atoms with Gasteiger partial charge in [-0.15, -0.1) is 6.42 Å². The van der Waals surface area contributed by atoms with E-state index >= 15 is 0 Å². The fraction of sp³-hybridized carbons (Fsp3) is 0.231. The van der Waals surface area contributed by atoms with Crippen LogP contribution in [0.2, 0.25) is 0 Å². The van der Waals surface area contributed by atoms with E-state index in [1.165, 1.54) is 32.0 Å².